The summed E-state index contributed by atoms with van der Waals surface area (Å²) in [5.41, 5.74) is 12.8. The van der Waals surface area contributed by atoms with Gasteiger partial charge in [-0.05, 0) is 43.3 Å². The second kappa shape index (κ2) is 10.3. The predicted octanol–water partition coefficient (Wildman–Crippen LogP) is 2.07. The van der Waals surface area contributed by atoms with Crippen LogP contribution in [0.5, 0.6) is 0 Å². The summed E-state index contributed by atoms with van der Waals surface area (Å²) in [4.78, 5) is 23.2. The van der Waals surface area contributed by atoms with Crippen LogP contribution in [0.3, 0.4) is 0 Å². The Bertz CT molecular complexity index is 1070. The van der Waals surface area contributed by atoms with E-state index in [1.807, 2.05) is 30.3 Å². The highest BCUT2D eigenvalue weighted by Crippen LogP contribution is 2.19. The van der Waals surface area contributed by atoms with Gasteiger partial charge in [0.15, 0.2) is 0 Å². The minimum absolute atomic E-state index is 0.0471. The number of nitrogens with two attached hydrogens (primary N) is 2. The number of rotatable bonds is 8. The van der Waals surface area contributed by atoms with Gasteiger partial charge in [-0.1, -0.05) is 30.3 Å². The third kappa shape index (κ3) is 5.72. The summed E-state index contributed by atoms with van der Waals surface area (Å²) in [6, 6.07) is 13.9. The number of aromatic amines is 1. The first kappa shape index (κ1) is 21.2. The van der Waals surface area contributed by atoms with E-state index >= 15 is 0 Å². The molecule has 2 aromatic carbocycles. The van der Waals surface area contributed by atoms with Gasteiger partial charge < -0.3 is 22.1 Å². The molecule has 156 valence electrons. The van der Waals surface area contributed by atoms with Crippen LogP contribution in [0.25, 0.3) is 11.1 Å². The first-order valence-corrected chi connectivity index (χ1v) is 9.52. The number of hydrogen-bond donors (Lipinski definition) is 5. The fraction of sp³-hybridized carbons (Fsp3) is 0.190. The van der Waals surface area contributed by atoms with Crippen molar-refractivity contribution in [1.82, 2.24) is 15.3 Å². The molecular formula is C21H24FN7O. The molecule has 0 radical (unpaired) electrons. The van der Waals surface area contributed by atoms with Gasteiger partial charge in [-0.3, -0.25) is 9.78 Å². The van der Waals surface area contributed by atoms with Crippen molar-refractivity contribution < 1.29 is 4.39 Å². The first-order chi connectivity index (χ1) is 14.6. The fourth-order valence-corrected chi connectivity index (χ4v) is 2.77. The summed E-state index contributed by atoms with van der Waals surface area (Å²) < 4.78 is 14.4. The topological polar surface area (TPSA) is 134 Å². The van der Waals surface area contributed by atoms with Gasteiger partial charge in [0, 0.05) is 24.0 Å². The van der Waals surface area contributed by atoms with E-state index in [-0.39, 0.29) is 17.5 Å². The van der Waals surface area contributed by atoms with E-state index in [2.05, 4.69) is 25.6 Å². The number of nitrogens with one attached hydrogen (secondary N) is 3. The van der Waals surface area contributed by atoms with Gasteiger partial charge in [-0.25, -0.2) is 9.37 Å². The fourth-order valence-electron chi connectivity index (χ4n) is 2.77. The summed E-state index contributed by atoms with van der Waals surface area (Å²) >= 11 is 0. The highest BCUT2D eigenvalue weighted by Gasteiger charge is 2.09. The number of H-pyrrole nitrogens is 1. The highest BCUT2D eigenvalue weighted by molar-refractivity contribution is 5.93. The van der Waals surface area contributed by atoms with Crippen molar-refractivity contribution in [2.24, 2.45) is 16.5 Å². The van der Waals surface area contributed by atoms with Crippen molar-refractivity contribution in [3.05, 3.63) is 76.5 Å². The molecule has 3 rings (SSSR count). The van der Waals surface area contributed by atoms with Gasteiger partial charge in [0.05, 0.1) is 5.56 Å². The zero-order chi connectivity index (χ0) is 21.3. The Hall–Kier alpha value is -3.56. The molecule has 30 heavy (non-hydrogen) atoms. The quantitative estimate of drug-likeness (QED) is 0.220. The van der Waals surface area contributed by atoms with Gasteiger partial charge in [0.2, 0.25) is 11.9 Å². The van der Waals surface area contributed by atoms with Crippen molar-refractivity contribution in [3.8, 4) is 11.1 Å². The molecule has 0 amide bonds. The van der Waals surface area contributed by atoms with Gasteiger partial charge in [0.25, 0.3) is 5.56 Å². The Morgan fingerprint density at radius 3 is 2.70 bits per heavy atom. The number of aromatic nitrogens is 2. The van der Waals surface area contributed by atoms with Crippen LogP contribution in [0, 0.1) is 5.82 Å². The Labute approximate surface area is 173 Å². The average molecular weight is 409 g/mol. The number of para-hydroxylation sites is 1. The maximum absolute atomic E-state index is 14.4. The maximum atomic E-state index is 14.4. The van der Waals surface area contributed by atoms with Crippen LogP contribution in [0.15, 0.2) is 64.5 Å². The lowest BCUT2D eigenvalue weighted by Gasteiger charge is -2.08. The smallest absolute Gasteiger partial charge is 0.260 e. The van der Waals surface area contributed by atoms with E-state index < -0.39 is 11.4 Å². The molecule has 1 aromatic heterocycles. The number of benzene rings is 2. The lowest BCUT2D eigenvalue weighted by molar-refractivity contribution is 0.583. The average Bonchev–Trinajstić information content (AvgIpc) is 2.73. The van der Waals surface area contributed by atoms with Crippen LogP contribution in [-0.4, -0.2) is 29.0 Å². The minimum Gasteiger partial charge on any atom is -0.369 e. The van der Waals surface area contributed by atoms with E-state index in [1.54, 1.807) is 12.1 Å². The molecule has 0 aliphatic carbocycles. The number of aliphatic imine (C=N–C) groups is 1. The third-order valence-electron chi connectivity index (χ3n) is 4.30. The molecule has 0 bridgehead atoms. The van der Waals surface area contributed by atoms with Crippen molar-refractivity contribution >= 4 is 17.6 Å². The molecule has 0 fully saturated rings. The first-order valence-electron chi connectivity index (χ1n) is 9.52. The van der Waals surface area contributed by atoms with Gasteiger partial charge in [-0.2, -0.15) is 4.99 Å². The summed E-state index contributed by atoms with van der Waals surface area (Å²) in [7, 11) is 0. The number of hydrogen-bond acceptors (Lipinski definition) is 5. The van der Waals surface area contributed by atoms with Crippen LogP contribution >= 0.6 is 0 Å². The largest absolute Gasteiger partial charge is 0.369 e. The molecule has 3 aromatic rings. The highest BCUT2D eigenvalue weighted by atomic mass is 19.1. The predicted molar refractivity (Wildman–Crippen MR) is 117 cm³/mol. The second-order valence-corrected chi connectivity index (χ2v) is 6.56. The van der Waals surface area contributed by atoms with E-state index in [9.17, 15) is 9.18 Å². The molecule has 0 unspecified atom stereocenters. The zero-order valence-electron chi connectivity index (χ0n) is 16.4. The summed E-state index contributed by atoms with van der Waals surface area (Å²) in [6.07, 6.45) is 2.17. The molecule has 0 aliphatic heterocycles. The van der Waals surface area contributed by atoms with Crippen LogP contribution in [0.2, 0.25) is 0 Å². The Balaban J connectivity index is 1.72. The molecule has 9 heteroatoms. The van der Waals surface area contributed by atoms with Crippen LogP contribution < -0.4 is 27.7 Å². The minimum atomic E-state index is -0.440. The maximum Gasteiger partial charge on any atom is 0.260 e. The van der Waals surface area contributed by atoms with E-state index in [1.165, 1.54) is 12.3 Å². The van der Waals surface area contributed by atoms with Crippen LogP contribution in [0.1, 0.15) is 12.0 Å². The summed E-state index contributed by atoms with van der Waals surface area (Å²) in [5, 5.41) is 6.02. The molecule has 7 N–H and O–H groups in total. The molecule has 0 aliphatic rings. The van der Waals surface area contributed by atoms with E-state index in [4.69, 9.17) is 11.5 Å². The second-order valence-electron chi connectivity index (χ2n) is 6.56. The summed E-state index contributed by atoms with van der Waals surface area (Å²) in [6.45, 7) is 1.69. The van der Waals surface area contributed by atoms with Crippen molar-refractivity contribution in [3.63, 3.8) is 0 Å². The molecule has 8 nitrogen and oxygen atoms in total. The van der Waals surface area contributed by atoms with Crippen molar-refractivity contribution in [1.29, 1.82) is 0 Å². The van der Waals surface area contributed by atoms with Gasteiger partial charge in [0.1, 0.15) is 5.82 Å². The number of halogens is 1. The molecule has 0 saturated heterocycles. The summed E-state index contributed by atoms with van der Waals surface area (Å²) in [5.74, 6) is -0.272. The zero-order valence-corrected chi connectivity index (χ0v) is 16.4. The van der Waals surface area contributed by atoms with Gasteiger partial charge in [-0.15, -0.1) is 0 Å². The standard InChI is InChI=1S/C21H24FN7O/c22-18-11-14(7-8-15(18)12-25-10-4-9-23)17-13-26-21(28-19(17)30)29-20(24)27-16-5-2-1-3-6-16/h1-3,5-8,11,13,25H,4,9-10,12,23H2,(H4,24,26,27,28,29,30). The number of guanidine groups is 1. The molecule has 0 atom stereocenters. The van der Waals surface area contributed by atoms with Crippen LogP contribution in [-0.2, 0) is 6.54 Å². The Kier molecular flexibility index (Phi) is 7.25. The normalized spacial score (nSPS) is 11.5. The van der Waals surface area contributed by atoms with Crippen molar-refractivity contribution in [2.75, 3.05) is 18.4 Å². The molecule has 0 spiro atoms. The third-order valence-corrected chi connectivity index (χ3v) is 4.30. The van der Waals surface area contributed by atoms with Crippen molar-refractivity contribution in [2.45, 2.75) is 13.0 Å². The van der Waals surface area contributed by atoms with Gasteiger partial charge >= 0.3 is 0 Å². The molecule has 1 heterocycles. The Morgan fingerprint density at radius 2 is 2.00 bits per heavy atom. The van der Waals surface area contributed by atoms with Crippen LogP contribution in [0.4, 0.5) is 16.0 Å². The number of nitrogens with zero attached hydrogens (tertiary/aromatic N) is 2. The number of anilines is 1. The SMILES string of the molecule is NCCCNCc1ccc(-c2cnc(/N=C(\N)Nc3ccccc3)[nH]c2=O)cc1F. The van der Waals surface area contributed by atoms with E-state index in [0.717, 1.165) is 12.1 Å². The molecule has 0 saturated carbocycles. The van der Waals surface area contributed by atoms with E-state index in [0.29, 0.717) is 30.8 Å². The Morgan fingerprint density at radius 1 is 1.20 bits per heavy atom. The monoisotopic (exact) mass is 409 g/mol. The molecular weight excluding hydrogens is 385 g/mol. The lowest BCUT2D eigenvalue weighted by Crippen LogP contribution is -2.22. The lowest BCUT2D eigenvalue weighted by atomic mass is 10.1.